The molecule has 0 aromatic carbocycles. The number of hydrogen-bond donors (Lipinski definition) is 1. The Balaban J connectivity index is 1.50. The molecule has 98 valence electrons. The number of amides is 1. The van der Waals surface area contributed by atoms with E-state index in [9.17, 15) is 4.79 Å². The molecule has 1 aliphatic heterocycles. The van der Waals surface area contributed by atoms with Crippen molar-refractivity contribution < 1.29 is 14.1 Å². The van der Waals surface area contributed by atoms with Crippen molar-refractivity contribution in [2.45, 2.75) is 52.2 Å². The van der Waals surface area contributed by atoms with E-state index in [-0.39, 0.29) is 25.2 Å². The first kappa shape index (κ1) is 11.3. The zero-order valence-corrected chi connectivity index (χ0v) is 11.3. The van der Waals surface area contributed by atoms with Crippen LogP contribution in [0.2, 0.25) is 0 Å². The van der Waals surface area contributed by atoms with Crippen LogP contribution in [0.1, 0.15) is 40.0 Å². The molecule has 4 nitrogen and oxygen atoms in total. The van der Waals surface area contributed by atoms with Crippen molar-refractivity contribution in [1.29, 1.82) is 0 Å². The van der Waals surface area contributed by atoms with Crippen LogP contribution in [0.3, 0.4) is 0 Å². The number of carbonyl (C=O) groups excluding carboxylic acids is 1. The summed E-state index contributed by atoms with van der Waals surface area (Å²) in [5.41, 5.74) is 1.31. The molecule has 18 heavy (non-hydrogen) atoms. The molecule has 6 aliphatic carbocycles. The van der Waals surface area contributed by atoms with Crippen LogP contribution in [-0.4, -0.2) is 31.7 Å². The molecular weight excluding hydrogens is 229 g/mol. The Morgan fingerprint density at radius 1 is 1.39 bits per heavy atom. The number of nitrogens with one attached hydrogen (secondary N) is 1. The maximum Gasteiger partial charge on any atom is 0.478 e. The molecule has 2 unspecified atom stereocenters. The zero-order valence-electron chi connectivity index (χ0n) is 11.3. The predicted molar refractivity (Wildman–Crippen MR) is 66.7 cm³/mol. The van der Waals surface area contributed by atoms with Crippen molar-refractivity contribution in [3.63, 3.8) is 0 Å². The fourth-order valence-electron chi connectivity index (χ4n) is 5.21. The van der Waals surface area contributed by atoms with E-state index in [1.165, 1.54) is 19.8 Å². The third-order valence-electron chi connectivity index (χ3n) is 6.50. The van der Waals surface area contributed by atoms with Crippen LogP contribution in [0, 0.1) is 16.2 Å². The maximum atomic E-state index is 10.9. The first-order valence-corrected chi connectivity index (χ1v) is 6.96. The van der Waals surface area contributed by atoms with Crippen LogP contribution in [0.15, 0.2) is 0 Å². The van der Waals surface area contributed by atoms with Crippen LogP contribution in [0.5, 0.6) is 0 Å². The lowest BCUT2D eigenvalue weighted by molar-refractivity contribution is -0.406. The maximum absolute atomic E-state index is 10.9. The van der Waals surface area contributed by atoms with Crippen molar-refractivity contribution >= 4 is 13.0 Å². The molecule has 7 aliphatic rings. The van der Waals surface area contributed by atoms with Gasteiger partial charge in [-0.1, -0.05) is 13.8 Å². The molecule has 1 amide bonds. The van der Waals surface area contributed by atoms with Gasteiger partial charge in [0.15, 0.2) is 0 Å². The van der Waals surface area contributed by atoms with E-state index in [0.29, 0.717) is 22.7 Å². The van der Waals surface area contributed by atoms with Crippen molar-refractivity contribution in [3.8, 4) is 0 Å². The van der Waals surface area contributed by atoms with Crippen LogP contribution >= 0.6 is 0 Å². The highest BCUT2D eigenvalue weighted by Gasteiger charge is 2.87. The average Bonchev–Trinajstić information content (AvgIpc) is 2.68. The van der Waals surface area contributed by atoms with E-state index in [1.54, 1.807) is 0 Å². The van der Waals surface area contributed by atoms with Crippen molar-refractivity contribution in [2.75, 3.05) is 6.44 Å². The normalized spacial score (nSPS) is 50.1. The van der Waals surface area contributed by atoms with Crippen molar-refractivity contribution in [3.05, 3.63) is 0 Å². The smallest absolute Gasteiger partial charge is 0.405 e. The lowest BCUT2D eigenvalue weighted by atomic mass is 9.17. The van der Waals surface area contributed by atoms with Gasteiger partial charge in [-0.05, 0) is 30.1 Å². The third kappa shape index (κ3) is 0.978. The van der Waals surface area contributed by atoms with Crippen LogP contribution in [-0.2, 0) is 14.1 Å². The van der Waals surface area contributed by atoms with Gasteiger partial charge in [-0.15, -0.1) is 0 Å². The van der Waals surface area contributed by atoms with Gasteiger partial charge in [0.2, 0.25) is 5.91 Å². The van der Waals surface area contributed by atoms with E-state index in [1.807, 2.05) is 0 Å². The van der Waals surface area contributed by atoms with E-state index < -0.39 is 0 Å². The molecule has 2 atom stereocenters. The van der Waals surface area contributed by atoms with E-state index >= 15 is 0 Å². The Labute approximate surface area is 108 Å². The lowest BCUT2D eigenvalue weighted by Gasteiger charge is -2.87. The Morgan fingerprint density at radius 2 is 2.11 bits per heavy atom. The SMILES string of the molecule is CC(=O)NCB1OC2CC34CC(C3)(C2O1)C4(C)C. The summed E-state index contributed by atoms with van der Waals surface area (Å²) in [5.74, 6) is -0.0252. The van der Waals surface area contributed by atoms with Gasteiger partial charge in [-0.2, -0.15) is 0 Å². The highest BCUT2D eigenvalue weighted by atomic mass is 16.7. The summed E-state index contributed by atoms with van der Waals surface area (Å²) < 4.78 is 12.1. The Bertz CT molecular complexity index is 430. The number of carbonyl (C=O) groups is 1. The molecule has 7 rings (SSSR count). The Morgan fingerprint density at radius 3 is 2.72 bits per heavy atom. The molecule has 1 heterocycles. The first-order valence-electron chi connectivity index (χ1n) is 6.96. The minimum atomic E-state index is -0.244. The van der Waals surface area contributed by atoms with Gasteiger partial charge in [-0.25, -0.2) is 0 Å². The second-order valence-corrected chi connectivity index (χ2v) is 7.22. The van der Waals surface area contributed by atoms with Gasteiger partial charge < -0.3 is 14.6 Å². The largest absolute Gasteiger partial charge is 0.478 e. The van der Waals surface area contributed by atoms with E-state index in [2.05, 4.69) is 19.2 Å². The van der Waals surface area contributed by atoms with E-state index in [4.69, 9.17) is 9.31 Å². The van der Waals surface area contributed by atoms with Gasteiger partial charge in [0.05, 0.1) is 18.7 Å². The minimum absolute atomic E-state index is 0.0252. The predicted octanol–water partition coefficient (Wildman–Crippen LogP) is 1.14. The summed E-state index contributed by atoms with van der Waals surface area (Å²) in [5, 5.41) is 2.78. The van der Waals surface area contributed by atoms with Gasteiger partial charge in [-0.3, -0.25) is 4.79 Å². The monoisotopic (exact) mass is 249 g/mol. The van der Waals surface area contributed by atoms with E-state index in [0.717, 1.165) is 6.42 Å². The quantitative estimate of drug-likeness (QED) is 0.746. The second kappa shape index (κ2) is 2.96. The highest BCUT2D eigenvalue weighted by molar-refractivity contribution is 6.45. The molecular formula is C13H20BNO3. The first-order chi connectivity index (χ1) is 8.40. The molecule has 5 heteroatoms. The molecule has 0 aromatic rings. The molecule has 7 fully saturated rings. The summed E-state index contributed by atoms with van der Waals surface area (Å²) in [6.07, 6.45) is 4.78. The summed E-state index contributed by atoms with van der Waals surface area (Å²) in [6, 6.07) is 0. The molecule has 6 saturated carbocycles. The average molecular weight is 249 g/mol. The zero-order chi connectivity index (χ0) is 12.8. The standard InChI is InChI=1S/C13H20BNO3/c1-8(16)15-7-14-17-9-4-12-5-13(6-12,10(9)18-14)11(12,2)3/h9-10H,4-7H2,1-3H3,(H,15,16). The second-order valence-electron chi connectivity index (χ2n) is 7.22. The summed E-state index contributed by atoms with van der Waals surface area (Å²) in [6.45, 7) is 6.30. The summed E-state index contributed by atoms with van der Waals surface area (Å²) in [7, 11) is -0.244. The Hall–Kier alpha value is -0.545. The molecule has 1 N–H and O–H groups in total. The molecule has 0 spiro atoms. The summed E-state index contributed by atoms with van der Waals surface area (Å²) >= 11 is 0. The van der Waals surface area contributed by atoms with Crippen molar-refractivity contribution in [1.82, 2.24) is 5.32 Å². The topological polar surface area (TPSA) is 47.6 Å². The van der Waals surface area contributed by atoms with Crippen molar-refractivity contribution in [2.24, 2.45) is 16.2 Å². The van der Waals surface area contributed by atoms with Crippen LogP contribution in [0.4, 0.5) is 0 Å². The molecule has 1 saturated heterocycles. The number of hydrogen-bond acceptors (Lipinski definition) is 3. The minimum Gasteiger partial charge on any atom is -0.405 e. The fraction of sp³-hybridized carbons (Fsp3) is 0.923. The number of rotatable bonds is 2. The molecule has 0 aromatic heterocycles. The molecule has 2 bridgehead atoms. The third-order valence-corrected chi connectivity index (χ3v) is 6.50. The van der Waals surface area contributed by atoms with Crippen LogP contribution < -0.4 is 5.32 Å². The lowest BCUT2D eigenvalue weighted by Crippen LogP contribution is -2.84. The van der Waals surface area contributed by atoms with Gasteiger partial charge in [0, 0.05) is 12.3 Å². The van der Waals surface area contributed by atoms with Gasteiger partial charge in [0.1, 0.15) is 0 Å². The van der Waals surface area contributed by atoms with Gasteiger partial charge in [0.25, 0.3) is 0 Å². The van der Waals surface area contributed by atoms with Gasteiger partial charge >= 0.3 is 7.12 Å². The summed E-state index contributed by atoms with van der Waals surface area (Å²) in [4.78, 5) is 10.9. The van der Waals surface area contributed by atoms with Crippen LogP contribution in [0.25, 0.3) is 0 Å². The Kier molecular flexibility index (Phi) is 1.86. The fourth-order valence-corrected chi connectivity index (χ4v) is 5.21. The highest BCUT2D eigenvalue weighted by Crippen LogP contribution is 2.90. The molecule has 0 radical (unpaired) electrons.